The zero-order valence-corrected chi connectivity index (χ0v) is 7.66. The van der Waals surface area contributed by atoms with Gasteiger partial charge < -0.3 is 5.32 Å². The Morgan fingerprint density at radius 3 is 2.75 bits per heavy atom. The molecule has 1 rings (SSSR count). The highest BCUT2D eigenvalue weighted by Crippen LogP contribution is 2.14. The molecule has 1 aromatic rings. The smallest absolute Gasteiger partial charge is 0.124 e. The molecule has 0 aliphatic carbocycles. The normalized spacial score (nSPS) is 10.2. The van der Waals surface area contributed by atoms with Crippen LogP contribution in [0.2, 0.25) is 5.02 Å². The molecule has 0 fully saturated rings. The molecule has 0 radical (unpaired) electrons. The Hall–Kier alpha value is -0.600. The van der Waals surface area contributed by atoms with Crippen molar-refractivity contribution in [3.63, 3.8) is 0 Å². The van der Waals surface area contributed by atoms with Gasteiger partial charge >= 0.3 is 0 Å². The van der Waals surface area contributed by atoms with E-state index in [1.54, 1.807) is 6.07 Å². The molecular weight excluding hydrogens is 177 g/mol. The Kier molecular flexibility index (Phi) is 3.50. The third-order valence-corrected chi connectivity index (χ3v) is 1.80. The zero-order chi connectivity index (χ0) is 8.97. The second-order valence-electron chi connectivity index (χ2n) is 2.63. The first-order chi connectivity index (χ1) is 5.72. The molecule has 1 N–H and O–H groups in total. The molecule has 0 atom stereocenters. The highest BCUT2D eigenvalue weighted by atomic mass is 35.5. The van der Waals surface area contributed by atoms with Gasteiger partial charge in [-0.05, 0) is 43.8 Å². The lowest BCUT2D eigenvalue weighted by atomic mass is 10.1. The largest absolute Gasteiger partial charge is 0.319 e. The lowest BCUT2D eigenvalue weighted by Gasteiger charge is -2.01. The van der Waals surface area contributed by atoms with Crippen LogP contribution in [0, 0.1) is 5.82 Å². The molecule has 0 saturated heterocycles. The number of hydrogen-bond acceptors (Lipinski definition) is 1. The van der Waals surface area contributed by atoms with Crippen molar-refractivity contribution < 1.29 is 4.39 Å². The minimum Gasteiger partial charge on any atom is -0.319 e. The molecule has 12 heavy (non-hydrogen) atoms. The third-order valence-electron chi connectivity index (χ3n) is 1.59. The van der Waals surface area contributed by atoms with Crippen LogP contribution in [0.3, 0.4) is 0 Å². The molecule has 0 heterocycles. The summed E-state index contributed by atoms with van der Waals surface area (Å²) in [4.78, 5) is 0. The first-order valence-corrected chi connectivity index (χ1v) is 4.20. The van der Waals surface area contributed by atoms with Crippen molar-refractivity contribution >= 4 is 11.6 Å². The number of halogens is 2. The van der Waals surface area contributed by atoms with Crippen LogP contribution in [0.1, 0.15) is 5.56 Å². The number of hydrogen-bond donors (Lipinski definition) is 1. The predicted molar refractivity (Wildman–Crippen MR) is 49.0 cm³/mol. The van der Waals surface area contributed by atoms with E-state index in [9.17, 15) is 4.39 Å². The van der Waals surface area contributed by atoms with Crippen molar-refractivity contribution in [3.8, 4) is 0 Å². The highest BCUT2D eigenvalue weighted by Gasteiger charge is 1.97. The first kappa shape index (κ1) is 9.49. The van der Waals surface area contributed by atoms with E-state index in [4.69, 9.17) is 11.6 Å². The molecule has 1 nitrogen and oxygen atoms in total. The molecular formula is C9H11ClFN. The van der Waals surface area contributed by atoms with E-state index in [0.29, 0.717) is 5.02 Å². The van der Waals surface area contributed by atoms with Crippen LogP contribution in [-0.2, 0) is 6.42 Å². The summed E-state index contributed by atoms with van der Waals surface area (Å²) in [6.45, 7) is 0.833. The SMILES string of the molecule is CNCCc1cc(F)cc(Cl)c1. The Morgan fingerprint density at radius 1 is 1.42 bits per heavy atom. The Morgan fingerprint density at radius 2 is 2.17 bits per heavy atom. The summed E-state index contributed by atoms with van der Waals surface area (Å²) in [6, 6.07) is 4.59. The van der Waals surface area contributed by atoms with Gasteiger partial charge in [0.25, 0.3) is 0 Å². The topological polar surface area (TPSA) is 12.0 Å². The summed E-state index contributed by atoms with van der Waals surface area (Å²) in [5.41, 5.74) is 0.925. The Bertz CT molecular complexity index is 242. The van der Waals surface area contributed by atoms with E-state index in [0.717, 1.165) is 18.5 Å². The highest BCUT2D eigenvalue weighted by molar-refractivity contribution is 6.30. The minimum absolute atomic E-state index is 0.270. The fraction of sp³-hybridized carbons (Fsp3) is 0.333. The van der Waals surface area contributed by atoms with Gasteiger partial charge in [-0.1, -0.05) is 11.6 Å². The van der Waals surface area contributed by atoms with Crippen molar-refractivity contribution in [2.75, 3.05) is 13.6 Å². The standard InChI is InChI=1S/C9H11ClFN/c1-12-3-2-7-4-8(10)6-9(11)5-7/h4-6,12H,2-3H2,1H3. The molecule has 3 heteroatoms. The van der Waals surface area contributed by atoms with E-state index in [1.807, 2.05) is 7.05 Å². The molecule has 0 spiro atoms. The first-order valence-electron chi connectivity index (χ1n) is 3.82. The van der Waals surface area contributed by atoms with E-state index < -0.39 is 0 Å². The van der Waals surface area contributed by atoms with Gasteiger partial charge in [0.1, 0.15) is 5.82 Å². The van der Waals surface area contributed by atoms with Crippen molar-refractivity contribution in [1.82, 2.24) is 5.32 Å². The van der Waals surface area contributed by atoms with E-state index >= 15 is 0 Å². The fourth-order valence-electron chi connectivity index (χ4n) is 1.02. The maximum Gasteiger partial charge on any atom is 0.124 e. The average Bonchev–Trinajstić information content (AvgIpc) is 1.99. The van der Waals surface area contributed by atoms with Gasteiger partial charge in [0.2, 0.25) is 0 Å². The van der Waals surface area contributed by atoms with E-state index in [2.05, 4.69) is 5.32 Å². The number of benzene rings is 1. The lowest BCUT2D eigenvalue weighted by molar-refractivity contribution is 0.624. The second kappa shape index (κ2) is 4.43. The summed E-state index contributed by atoms with van der Waals surface area (Å²) in [5.74, 6) is -0.270. The number of likely N-dealkylation sites (N-methyl/N-ethyl adjacent to an activating group) is 1. The van der Waals surface area contributed by atoms with E-state index in [1.165, 1.54) is 12.1 Å². The summed E-state index contributed by atoms with van der Waals surface area (Å²) in [7, 11) is 1.86. The van der Waals surface area contributed by atoms with Gasteiger partial charge in [-0.15, -0.1) is 0 Å². The Labute approximate surface area is 76.5 Å². The van der Waals surface area contributed by atoms with Crippen molar-refractivity contribution in [2.24, 2.45) is 0 Å². The van der Waals surface area contributed by atoms with Gasteiger partial charge in [0.15, 0.2) is 0 Å². The summed E-state index contributed by atoms with van der Waals surface area (Å²) >= 11 is 5.67. The molecule has 0 saturated carbocycles. The van der Waals surface area contributed by atoms with Crippen LogP contribution in [-0.4, -0.2) is 13.6 Å². The van der Waals surface area contributed by atoms with Crippen LogP contribution in [0.4, 0.5) is 4.39 Å². The molecule has 1 aromatic carbocycles. The third kappa shape index (κ3) is 2.80. The minimum atomic E-state index is -0.270. The fourth-order valence-corrected chi connectivity index (χ4v) is 1.27. The van der Waals surface area contributed by atoms with Gasteiger partial charge in [-0.25, -0.2) is 4.39 Å². The Balaban J connectivity index is 2.72. The van der Waals surface area contributed by atoms with Crippen molar-refractivity contribution in [3.05, 3.63) is 34.6 Å². The van der Waals surface area contributed by atoms with E-state index in [-0.39, 0.29) is 5.82 Å². The summed E-state index contributed by atoms with van der Waals surface area (Å²) < 4.78 is 12.8. The van der Waals surface area contributed by atoms with Crippen LogP contribution < -0.4 is 5.32 Å². The molecule has 0 bridgehead atoms. The number of rotatable bonds is 3. The maximum absolute atomic E-state index is 12.8. The van der Waals surface area contributed by atoms with Gasteiger partial charge in [-0.2, -0.15) is 0 Å². The summed E-state index contributed by atoms with van der Waals surface area (Å²) in [5, 5.41) is 3.45. The van der Waals surface area contributed by atoms with Gasteiger partial charge in [0.05, 0.1) is 0 Å². The van der Waals surface area contributed by atoms with Crippen molar-refractivity contribution in [1.29, 1.82) is 0 Å². The summed E-state index contributed by atoms with van der Waals surface area (Å²) in [6.07, 6.45) is 0.800. The monoisotopic (exact) mass is 187 g/mol. The van der Waals surface area contributed by atoms with Crippen molar-refractivity contribution in [2.45, 2.75) is 6.42 Å². The second-order valence-corrected chi connectivity index (χ2v) is 3.07. The van der Waals surface area contributed by atoms with Crippen LogP contribution in [0.25, 0.3) is 0 Å². The van der Waals surface area contributed by atoms with Crippen LogP contribution in [0.15, 0.2) is 18.2 Å². The molecule has 0 aromatic heterocycles. The van der Waals surface area contributed by atoms with Crippen LogP contribution >= 0.6 is 11.6 Å². The molecule has 66 valence electrons. The molecule has 0 unspecified atom stereocenters. The zero-order valence-electron chi connectivity index (χ0n) is 6.90. The number of nitrogens with one attached hydrogen (secondary N) is 1. The van der Waals surface area contributed by atoms with Crippen LogP contribution in [0.5, 0.6) is 0 Å². The predicted octanol–water partition coefficient (Wildman–Crippen LogP) is 2.24. The van der Waals surface area contributed by atoms with Gasteiger partial charge in [-0.3, -0.25) is 0 Å². The molecule has 0 amide bonds. The maximum atomic E-state index is 12.8. The molecule has 0 aliphatic rings. The van der Waals surface area contributed by atoms with Gasteiger partial charge in [0, 0.05) is 5.02 Å². The molecule has 0 aliphatic heterocycles. The quantitative estimate of drug-likeness (QED) is 0.766. The lowest BCUT2D eigenvalue weighted by Crippen LogP contribution is -2.10. The average molecular weight is 188 g/mol.